The van der Waals surface area contributed by atoms with E-state index < -0.39 is 6.17 Å². The van der Waals surface area contributed by atoms with Crippen molar-refractivity contribution < 1.29 is 9.50 Å². The van der Waals surface area contributed by atoms with Crippen LogP contribution in [-0.2, 0) is 6.42 Å². The Bertz CT molecular complexity index is 371. The number of benzene rings is 1. The number of hydrogen-bond acceptors (Lipinski definition) is 1. The van der Waals surface area contributed by atoms with Crippen molar-refractivity contribution in [2.24, 2.45) is 0 Å². The van der Waals surface area contributed by atoms with E-state index >= 15 is 0 Å². The SMILES string of the molecule is CC(C)c1cc(O)cc2c1C(F)CCC2. The van der Waals surface area contributed by atoms with Crippen LogP contribution in [-0.4, -0.2) is 5.11 Å². The zero-order valence-corrected chi connectivity index (χ0v) is 9.26. The number of phenolic OH excluding ortho intramolecular Hbond substituents is 1. The van der Waals surface area contributed by atoms with E-state index in [1.165, 1.54) is 0 Å². The molecule has 2 heteroatoms. The average molecular weight is 208 g/mol. The second-order valence-electron chi connectivity index (χ2n) is 4.62. The Morgan fingerprint density at radius 1 is 1.40 bits per heavy atom. The molecule has 2 rings (SSSR count). The number of fused-ring (bicyclic) bond motifs is 1. The lowest BCUT2D eigenvalue weighted by Crippen LogP contribution is -2.10. The summed E-state index contributed by atoms with van der Waals surface area (Å²) in [6.07, 6.45) is 1.56. The Hall–Kier alpha value is -1.05. The number of rotatable bonds is 1. The Morgan fingerprint density at radius 3 is 2.80 bits per heavy atom. The summed E-state index contributed by atoms with van der Waals surface area (Å²) in [4.78, 5) is 0. The molecule has 0 bridgehead atoms. The average Bonchev–Trinajstić information content (AvgIpc) is 2.16. The summed E-state index contributed by atoms with van der Waals surface area (Å²) in [5.74, 6) is 0.536. The van der Waals surface area contributed by atoms with Crippen molar-refractivity contribution in [1.29, 1.82) is 0 Å². The minimum Gasteiger partial charge on any atom is -0.508 e. The van der Waals surface area contributed by atoms with E-state index in [2.05, 4.69) is 0 Å². The predicted molar refractivity (Wildman–Crippen MR) is 59.0 cm³/mol. The van der Waals surface area contributed by atoms with Gasteiger partial charge in [-0.2, -0.15) is 0 Å². The van der Waals surface area contributed by atoms with E-state index in [0.29, 0.717) is 6.42 Å². The smallest absolute Gasteiger partial charge is 0.126 e. The molecule has 0 saturated carbocycles. The van der Waals surface area contributed by atoms with Gasteiger partial charge in [-0.25, -0.2) is 4.39 Å². The summed E-state index contributed by atoms with van der Waals surface area (Å²) in [5, 5.41) is 9.58. The molecule has 1 aliphatic rings. The van der Waals surface area contributed by atoms with Crippen LogP contribution in [0.4, 0.5) is 4.39 Å². The molecule has 0 heterocycles. The predicted octanol–water partition coefficient (Wildman–Crippen LogP) is 3.86. The van der Waals surface area contributed by atoms with E-state index in [1.807, 2.05) is 13.8 Å². The van der Waals surface area contributed by atoms with Gasteiger partial charge in [0.2, 0.25) is 0 Å². The molecule has 1 nitrogen and oxygen atoms in total. The van der Waals surface area contributed by atoms with Crippen LogP contribution in [0.5, 0.6) is 5.75 Å². The first-order valence-corrected chi connectivity index (χ1v) is 5.59. The summed E-state index contributed by atoms with van der Waals surface area (Å²) < 4.78 is 13.8. The number of aryl methyl sites for hydroxylation is 1. The molecule has 0 amide bonds. The Morgan fingerprint density at radius 2 is 2.13 bits per heavy atom. The number of phenols is 1. The van der Waals surface area contributed by atoms with Gasteiger partial charge >= 0.3 is 0 Å². The first-order valence-electron chi connectivity index (χ1n) is 5.59. The first kappa shape index (κ1) is 10.5. The number of aromatic hydroxyl groups is 1. The van der Waals surface area contributed by atoms with Gasteiger partial charge in [-0.1, -0.05) is 13.8 Å². The van der Waals surface area contributed by atoms with Crippen LogP contribution in [0.2, 0.25) is 0 Å². The molecule has 0 fully saturated rings. The molecule has 1 aromatic rings. The lowest BCUT2D eigenvalue weighted by molar-refractivity contribution is 0.299. The molecule has 82 valence electrons. The van der Waals surface area contributed by atoms with Crippen molar-refractivity contribution in [3.8, 4) is 5.75 Å². The van der Waals surface area contributed by atoms with Crippen LogP contribution in [0.25, 0.3) is 0 Å². The Balaban J connectivity index is 2.58. The van der Waals surface area contributed by atoms with Gasteiger partial charge in [-0.15, -0.1) is 0 Å². The Labute approximate surface area is 89.9 Å². The van der Waals surface area contributed by atoms with Crippen LogP contribution in [0.15, 0.2) is 12.1 Å². The van der Waals surface area contributed by atoms with E-state index in [4.69, 9.17) is 0 Å². The van der Waals surface area contributed by atoms with E-state index in [0.717, 1.165) is 29.5 Å². The van der Waals surface area contributed by atoms with Gasteiger partial charge in [-0.05, 0) is 54.0 Å². The molecule has 15 heavy (non-hydrogen) atoms. The van der Waals surface area contributed by atoms with Crippen molar-refractivity contribution in [2.75, 3.05) is 0 Å². The normalized spacial score (nSPS) is 20.4. The summed E-state index contributed by atoms with van der Waals surface area (Å²) in [6.45, 7) is 4.08. The standard InChI is InChI=1S/C13H17FO/c1-8(2)11-7-10(15)6-9-4-3-5-12(14)13(9)11/h6-8,12,15H,3-5H2,1-2H3. The van der Waals surface area contributed by atoms with E-state index in [9.17, 15) is 9.50 Å². The van der Waals surface area contributed by atoms with Crippen molar-refractivity contribution >= 4 is 0 Å². The molecule has 1 aliphatic carbocycles. The van der Waals surface area contributed by atoms with Crippen LogP contribution in [0.3, 0.4) is 0 Å². The lowest BCUT2D eigenvalue weighted by atomic mass is 9.83. The highest BCUT2D eigenvalue weighted by Crippen LogP contribution is 2.39. The molecule has 1 aromatic carbocycles. The van der Waals surface area contributed by atoms with Crippen LogP contribution >= 0.6 is 0 Å². The van der Waals surface area contributed by atoms with Crippen molar-refractivity contribution in [2.45, 2.75) is 45.2 Å². The molecule has 0 aromatic heterocycles. The topological polar surface area (TPSA) is 20.2 Å². The molecule has 1 N–H and O–H groups in total. The third-order valence-corrected chi connectivity index (χ3v) is 3.12. The third-order valence-electron chi connectivity index (χ3n) is 3.12. The quantitative estimate of drug-likeness (QED) is 0.743. The fourth-order valence-corrected chi connectivity index (χ4v) is 2.40. The zero-order chi connectivity index (χ0) is 11.0. The maximum atomic E-state index is 13.8. The molecule has 1 unspecified atom stereocenters. The Kier molecular flexibility index (Phi) is 2.68. The molecule has 0 saturated heterocycles. The summed E-state index contributed by atoms with van der Waals surface area (Å²) in [7, 11) is 0. The number of halogens is 1. The summed E-state index contributed by atoms with van der Waals surface area (Å²) in [6, 6.07) is 3.42. The monoisotopic (exact) mass is 208 g/mol. The third kappa shape index (κ3) is 1.85. The van der Waals surface area contributed by atoms with Gasteiger partial charge in [0, 0.05) is 0 Å². The number of hydrogen-bond donors (Lipinski definition) is 1. The van der Waals surface area contributed by atoms with Crippen molar-refractivity contribution in [3.05, 3.63) is 28.8 Å². The second-order valence-corrected chi connectivity index (χ2v) is 4.62. The zero-order valence-electron chi connectivity index (χ0n) is 9.26. The van der Waals surface area contributed by atoms with Gasteiger partial charge in [0.15, 0.2) is 0 Å². The first-order chi connectivity index (χ1) is 7.09. The van der Waals surface area contributed by atoms with Crippen LogP contribution in [0, 0.1) is 0 Å². The van der Waals surface area contributed by atoms with Gasteiger partial charge in [0.05, 0.1) is 0 Å². The molecule has 0 radical (unpaired) electrons. The maximum absolute atomic E-state index is 13.8. The fraction of sp³-hybridized carbons (Fsp3) is 0.538. The largest absolute Gasteiger partial charge is 0.508 e. The minimum atomic E-state index is -0.841. The highest BCUT2D eigenvalue weighted by atomic mass is 19.1. The molecular weight excluding hydrogens is 191 g/mol. The van der Waals surface area contributed by atoms with Crippen molar-refractivity contribution in [3.63, 3.8) is 0 Å². The summed E-state index contributed by atoms with van der Waals surface area (Å²) >= 11 is 0. The molecular formula is C13H17FO. The van der Waals surface area contributed by atoms with Gasteiger partial charge in [0.1, 0.15) is 11.9 Å². The molecule has 1 atom stereocenters. The highest BCUT2D eigenvalue weighted by molar-refractivity contribution is 5.45. The minimum absolute atomic E-state index is 0.266. The van der Waals surface area contributed by atoms with Gasteiger partial charge in [0.25, 0.3) is 0 Å². The van der Waals surface area contributed by atoms with Gasteiger partial charge in [-0.3, -0.25) is 0 Å². The fourth-order valence-electron chi connectivity index (χ4n) is 2.40. The van der Waals surface area contributed by atoms with Gasteiger partial charge < -0.3 is 5.11 Å². The second kappa shape index (κ2) is 3.84. The van der Waals surface area contributed by atoms with E-state index in [-0.39, 0.29) is 11.7 Å². The van der Waals surface area contributed by atoms with Crippen molar-refractivity contribution in [1.82, 2.24) is 0 Å². The highest BCUT2D eigenvalue weighted by Gasteiger charge is 2.24. The molecule has 0 aliphatic heterocycles. The molecule has 0 spiro atoms. The lowest BCUT2D eigenvalue weighted by Gasteiger charge is -2.24. The van der Waals surface area contributed by atoms with Crippen LogP contribution < -0.4 is 0 Å². The van der Waals surface area contributed by atoms with E-state index in [1.54, 1.807) is 12.1 Å². The van der Waals surface area contributed by atoms with Crippen LogP contribution in [0.1, 0.15) is 55.5 Å². The maximum Gasteiger partial charge on any atom is 0.126 e. The summed E-state index contributed by atoms with van der Waals surface area (Å²) in [5.41, 5.74) is 2.81. The number of alkyl halides is 1.